The average molecular weight is 293 g/mol. The molecule has 0 aliphatic carbocycles. The Morgan fingerprint density at radius 3 is 2.59 bits per heavy atom. The van der Waals surface area contributed by atoms with Gasteiger partial charge in [-0.2, -0.15) is 5.10 Å². The number of hydrogen-bond acceptors (Lipinski definition) is 3. The lowest BCUT2D eigenvalue weighted by Crippen LogP contribution is -2.18. The number of hydrogen-bond donors (Lipinski definition) is 2. The molecule has 0 spiro atoms. The summed E-state index contributed by atoms with van der Waals surface area (Å²) in [7, 11) is 1.89. The molecule has 5 heteroatoms. The van der Waals surface area contributed by atoms with Gasteiger partial charge in [-0.05, 0) is 35.0 Å². The fraction of sp³-hybridized carbons (Fsp3) is 0.0588. The maximum absolute atomic E-state index is 12.1. The summed E-state index contributed by atoms with van der Waals surface area (Å²) < 4.78 is 1.88. The summed E-state index contributed by atoms with van der Waals surface area (Å²) in [5, 5.41) is 15.7. The summed E-state index contributed by atoms with van der Waals surface area (Å²) in [6, 6.07) is 14.5. The zero-order valence-corrected chi connectivity index (χ0v) is 12.0. The number of hydrazone groups is 1. The minimum Gasteiger partial charge on any atom is -0.507 e. The van der Waals surface area contributed by atoms with Crippen molar-refractivity contribution >= 4 is 22.9 Å². The molecule has 5 nitrogen and oxygen atoms in total. The number of benzene rings is 2. The normalized spacial score (nSPS) is 11.1. The molecule has 110 valence electrons. The van der Waals surface area contributed by atoms with Crippen LogP contribution >= 0.6 is 0 Å². The van der Waals surface area contributed by atoms with Crippen LogP contribution in [0.15, 0.2) is 59.8 Å². The van der Waals surface area contributed by atoms with Gasteiger partial charge in [0.2, 0.25) is 0 Å². The molecule has 0 aliphatic rings. The molecule has 1 amide bonds. The third-order valence-electron chi connectivity index (χ3n) is 3.46. The fourth-order valence-electron chi connectivity index (χ4n) is 2.24. The first kappa shape index (κ1) is 13.9. The smallest absolute Gasteiger partial charge is 0.275 e. The van der Waals surface area contributed by atoms with Crippen molar-refractivity contribution in [2.45, 2.75) is 0 Å². The van der Waals surface area contributed by atoms with E-state index in [0.717, 1.165) is 16.5 Å². The van der Waals surface area contributed by atoms with E-state index in [9.17, 15) is 9.90 Å². The summed E-state index contributed by atoms with van der Waals surface area (Å²) in [5.41, 5.74) is 3.49. The van der Waals surface area contributed by atoms with E-state index in [0.29, 0.717) is 0 Å². The first-order chi connectivity index (χ1) is 10.6. The summed E-state index contributed by atoms with van der Waals surface area (Å²) >= 11 is 0. The minimum atomic E-state index is -0.450. The molecular weight excluding hydrogens is 278 g/mol. The van der Waals surface area contributed by atoms with E-state index in [-0.39, 0.29) is 11.3 Å². The van der Waals surface area contributed by atoms with Gasteiger partial charge in [-0.1, -0.05) is 24.3 Å². The van der Waals surface area contributed by atoms with Crippen molar-refractivity contribution in [1.29, 1.82) is 0 Å². The van der Waals surface area contributed by atoms with Gasteiger partial charge in [0, 0.05) is 13.2 Å². The number of nitrogens with zero attached hydrogens (tertiary/aromatic N) is 2. The van der Waals surface area contributed by atoms with Crippen LogP contribution in [-0.2, 0) is 7.05 Å². The van der Waals surface area contributed by atoms with Gasteiger partial charge in [-0.3, -0.25) is 4.79 Å². The van der Waals surface area contributed by atoms with Crippen molar-refractivity contribution < 1.29 is 9.90 Å². The molecule has 3 aromatic rings. The summed E-state index contributed by atoms with van der Waals surface area (Å²) in [4.78, 5) is 12.1. The highest BCUT2D eigenvalue weighted by molar-refractivity contribution is 6.01. The first-order valence-electron chi connectivity index (χ1n) is 6.81. The lowest BCUT2D eigenvalue weighted by molar-refractivity contribution is 0.0952. The molecule has 22 heavy (non-hydrogen) atoms. The predicted molar refractivity (Wildman–Crippen MR) is 86.1 cm³/mol. The van der Waals surface area contributed by atoms with Gasteiger partial charge in [-0.25, -0.2) is 5.43 Å². The third-order valence-corrected chi connectivity index (χ3v) is 3.46. The van der Waals surface area contributed by atoms with Crippen LogP contribution in [-0.4, -0.2) is 21.8 Å². The molecule has 0 aliphatic heterocycles. The van der Waals surface area contributed by atoms with Crippen molar-refractivity contribution in [3.8, 4) is 5.75 Å². The molecule has 0 radical (unpaired) electrons. The van der Waals surface area contributed by atoms with Gasteiger partial charge in [0.15, 0.2) is 0 Å². The molecule has 0 bridgehead atoms. The molecule has 0 saturated heterocycles. The van der Waals surface area contributed by atoms with E-state index in [2.05, 4.69) is 10.5 Å². The van der Waals surface area contributed by atoms with Crippen LogP contribution in [0.3, 0.4) is 0 Å². The number of nitrogens with one attached hydrogen (secondary N) is 1. The monoisotopic (exact) mass is 293 g/mol. The minimum absolute atomic E-state index is 0.0646. The molecule has 0 saturated carbocycles. The van der Waals surface area contributed by atoms with Crippen molar-refractivity contribution in [2.24, 2.45) is 12.1 Å². The zero-order valence-electron chi connectivity index (χ0n) is 12.0. The number of carbonyl (C=O) groups excluding carboxylic acids is 1. The summed E-state index contributed by atoms with van der Waals surface area (Å²) in [6.45, 7) is 0. The Hall–Kier alpha value is -3.08. The van der Waals surface area contributed by atoms with Gasteiger partial charge in [0.25, 0.3) is 5.91 Å². The quantitative estimate of drug-likeness (QED) is 0.576. The number of rotatable bonds is 3. The summed E-state index contributed by atoms with van der Waals surface area (Å²) in [6.07, 6.45) is 3.44. The van der Waals surface area contributed by atoms with E-state index < -0.39 is 5.91 Å². The Morgan fingerprint density at radius 2 is 1.91 bits per heavy atom. The topological polar surface area (TPSA) is 66.6 Å². The van der Waals surface area contributed by atoms with E-state index >= 15 is 0 Å². The van der Waals surface area contributed by atoms with Crippen LogP contribution < -0.4 is 5.43 Å². The third kappa shape index (κ3) is 2.69. The molecular formula is C17H15N3O2. The van der Waals surface area contributed by atoms with Crippen LogP contribution in [0.25, 0.3) is 10.8 Å². The van der Waals surface area contributed by atoms with Crippen LogP contribution in [0.1, 0.15) is 16.1 Å². The van der Waals surface area contributed by atoms with Crippen molar-refractivity contribution in [2.75, 3.05) is 0 Å². The van der Waals surface area contributed by atoms with Crippen LogP contribution in [0, 0.1) is 0 Å². The number of aromatic nitrogens is 1. The van der Waals surface area contributed by atoms with E-state index in [1.54, 1.807) is 18.3 Å². The second kappa shape index (κ2) is 5.73. The van der Waals surface area contributed by atoms with Crippen LogP contribution in [0.2, 0.25) is 0 Å². The van der Waals surface area contributed by atoms with Crippen LogP contribution in [0.4, 0.5) is 0 Å². The number of fused-ring (bicyclic) bond motifs is 1. The van der Waals surface area contributed by atoms with Gasteiger partial charge in [-0.15, -0.1) is 0 Å². The second-order valence-electron chi connectivity index (χ2n) is 4.96. The van der Waals surface area contributed by atoms with Crippen molar-refractivity contribution in [1.82, 2.24) is 9.99 Å². The molecule has 0 atom stereocenters. The van der Waals surface area contributed by atoms with Crippen LogP contribution in [0.5, 0.6) is 5.75 Å². The molecule has 1 heterocycles. The number of amides is 1. The standard InChI is InChI=1S/C17H15N3O2/c1-20-8-4-7-14(20)11-18-19-17(22)15-9-12-5-2-3-6-13(12)10-16(15)21/h2-11,21H,1H3,(H,19,22)/b18-11-. The number of carbonyl (C=O) groups is 1. The Kier molecular flexibility index (Phi) is 3.62. The second-order valence-corrected chi connectivity index (χ2v) is 4.96. The highest BCUT2D eigenvalue weighted by Gasteiger charge is 2.11. The highest BCUT2D eigenvalue weighted by Crippen LogP contribution is 2.24. The van der Waals surface area contributed by atoms with Gasteiger partial charge in [0.05, 0.1) is 17.5 Å². The lowest BCUT2D eigenvalue weighted by Gasteiger charge is -2.05. The SMILES string of the molecule is Cn1cccc1/C=N\NC(=O)c1cc2ccccc2cc1O. The molecule has 1 aromatic heterocycles. The molecule has 3 rings (SSSR count). The molecule has 2 aromatic carbocycles. The predicted octanol–water partition coefficient (Wildman–Crippen LogP) is 2.65. The largest absolute Gasteiger partial charge is 0.507 e. The maximum Gasteiger partial charge on any atom is 0.275 e. The van der Waals surface area contributed by atoms with E-state index in [4.69, 9.17) is 0 Å². The fourth-order valence-corrected chi connectivity index (χ4v) is 2.24. The maximum atomic E-state index is 12.1. The van der Waals surface area contributed by atoms with Crippen molar-refractivity contribution in [3.63, 3.8) is 0 Å². The van der Waals surface area contributed by atoms with Gasteiger partial charge in [0.1, 0.15) is 5.75 Å². The first-order valence-corrected chi connectivity index (χ1v) is 6.81. The molecule has 0 unspecified atom stereocenters. The zero-order chi connectivity index (χ0) is 15.5. The molecule has 2 N–H and O–H groups in total. The van der Waals surface area contributed by atoms with Gasteiger partial charge < -0.3 is 9.67 Å². The summed E-state index contributed by atoms with van der Waals surface area (Å²) in [5.74, 6) is -0.515. The Labute approximate surface area is 127 Å². The lowest BCUT2D eigenvalue weighted by atomic mass is 10.1. The van der Waals surface area contributed by atoms with Gasteiger partial charge >= 0.3 is 0 Å². The number of phenols is 1. The Bertz CT molecular complexity index is 865. The van der Waals surface area contributed by atoms with E-state index in [1.807, 2.05) is 54.2 Å². The number of phenolic OH excluding ortho intramolecular Hbond substituents is 1. The Balaban J connectivity index is 1.81. The number of aromatic hydroxyl groups is 1. The average Bonchev–Trinajstić information content (AvgIpc) is 2.92. The van der Waals surface area contributed by atoms with E-state index in [1.165, 1.54) is 0 Å². The van der Waals surface area contributed by atoms with Crippen molar-refractivity contribution in [3.05, 3.63) is 66.0 Å². The highest BCUT2D eigenvalue weighted by atomic mass is 16.3. The molecule has 0 fully saturated rings. The Morgan fingerprint density at radius 1 is 1.18 bits per heavy atom. The number of aryl methyl sites for hydroxylation is 1.